The Morgan fingerprint density at radius 3 is 2.55 bits per heavy atom. The number of nitrogens with zero attached hydrogens (tertiary/aromatic N) is 2. The molecule has 0 spiro atoms. The van der Waals surface area contributed by atoms with Gasteiger partial charge in [-0.15, -0.1) is 0 Å². The summed E-state index contributed by atoms with van der Waals surface area (Å²) in [5.74, 6) is 0. The smallest absolute Gasteiger partial charge is 0.293 e. The van der Waals surface area contributed by atoms with Gasteiger partial charge in [-0.2, -0.15) is 5.26 Å². The molecule has 0 bridgehead atoms. The van der Waals surface area contributed by atoms with Crippen LogP contribution in [0, 0.1) is 21.4 Å². The van der Waals surface area contributed by atoms with Gasteiger partial charge in [-0.1, -0.05) is 30.3 Å². The van der Waals surface area contributed by atoms with Crippen LogP contribution in [0.25, 0.3) is 22.0 Å². The molecule has 1 N–H and O–H groups in total. The Hall–Kier alpha value is -3.13. The molecule has 0 radical (unpaired) electrons. The van der Waals surface area contributed by atoms with Crippen molar-refractivity contribution in [3.8, 4) is 17.2 Å². The van der Waals surface area contributed by atoms with Crippen molar-refractivity contribution in [3.05, 3.63) is 64.3 Å². The van der Waals surface area contributed by atoms with Crippen LogP contribution in [-0.2, 0) is 0 Å². The monoisotopic (exact) mass is 263 g/mol. The predicted molar refractivity (Wildman–Crippen MR) is 75.1 cm³/mol. The number of rotatable bonds is 2. The van der Waals surface area contributed by atoms with Crippen LogP contribution < -0.4 is 0 Å². The maximum Gasteiger partial charge on any atom is 0.293 e. The first-order valence-corrected chi connectivity index (χ1v) is 5.96. The second kappa shape index (κ2) is 4.52. The van der Waals surface area contributed by atoms with Gasteiger partial charge in [0.15, 0.2) is 0 Å². The van der Waals surface area contributed by atoms with E-state index in [0.717, 1.165) is 11.1 Å². The van der Waals surface area contributed by atoms with Gasteiger partial charge in [0.05, 0.1) is 10.5 Å². The van der Waals surface area contributed by atoms with Crippen molar-refractivity contribution in [2.24, 2.45) is 0 Å². The van der Waals surface area contributed by atoms with Crippen LogP contribution in [0.1, 0.15) is 5.56 Å². The number of benzene rings is 2. The normalized spacial score (nSPS) is 10.3. The summed E-state index contributed by atoms with van der Waals surface area (Å²) in [4.78, 5) is 13.4. The summed E-state index contributed by atoms with van der Waals surface area (Å²) in [7, 11) is 0. The summed E-state index contributed by atoms with van der Waals surface area (Å²) < 4.78 is 0. The Bertz CT molecular complexity index is 845. The van der Waals surface area contributed by atoms with Crippen molar-refractivity contribution in [2.75, 3.05) is 0 Å². The standard InChI is InChI=1S/C15H9N3O2/c16-8-11-9-17-15-13(18(19)20)7-6-12(14(11)15)10-4-2-1-3-5-10/h1-7,9,17H. The van der Waals surface area contributed by atoms with E-state index in [2.05, 4.69) is 11.1 Å². The number of aromatic nitrogens is 1. The summed E-state index contributed by atoms with van der Waals surface area (Å²) in [6.07, 6.45) is 1.50. The molecule has 0 unspecified atom stereocenters. The van der Waals surface area contributed by atoms with Crippen LogP contribution in [0.4, 0.5) is 5.69 Å². The lowest BCUT2D eigenvalue weighted by molar-refractivity contribution is -0.383. The van der Waals surface area contributed by atoms with Crippen molar-refractivity contribution in [2.45, 2.75) is 0 Å². The number of hydrogen-bond donors (Lipinski definition) is 1. The van der Waals surface area contributed by atoms with E-state index in [-0.39, 0.29) is 5.69 Å². The molecule has 0 atom stereocenters. The van der Waals surface area contributed by atoms with E-state index in [4.69, 9.17) is 0 Å². The van der Waals surface area contributed by atoms with Crippen LogP contribution in [0.3, 0.4) is 0 Å². The van der Waals surface area contributed by atoms with Crippen molar-refractivity contribution in [1.29, 1.82) is 5.26 Å². The molecule has 5 nitrogen and oxygen atoms in total. The molecule has 3 rings (SSSR count). The predicted octanol–water partition coefficient (Wildman–Crippen LogP) is 3.61. The first kappa shape index (κ1) is 11.9. The van der Waals surface area contributed by atoms with Crippen molar-refractivity contribution in [1.82, 2.24) is 4.98 Å². The third-order valence-corrected chi connectivity index (χ3v) is 3.22. The summed E-state index contributed by atoms with van der Waals surface area (Å²) in [5, 5.41) is 20.8. The zero-order valence-electron chi connectivity index (χ0n) is 10.3. The highest BCUT2D eigenvalue weighted by molar-refractivity contribution is 6.03. The van der Waals surface area contributed by atoms with Gasteiger partial charge >= 0.3 is 0 Å². The van der Waals surface area contributed by atoms with E-state index in [9.17, 15) is 15.4 Å². The van der Waals surface area contributed by atoms with Gasteiger partial charge in [-0.05, 0) is 17.2 Å². The Kier molecular flexibility index (Phi) is 2.70. The Morgan fingerprint density at radius 2 is 1.90 bits per heavy atom. The number of nitro benzene ring substituents is 1. The van der Waals surface area contributed by atoms with E-state index in [0.29, 0.717) is 16.5 Å². The third kappa shape index (κ3) is 1.71. The number of nitriles is 1. The van der Waals surface area contributed by atoms with Crippen LogP contribution in [0.15, 0.2) is 48.7 Å². The lowest BCUT2D eigenvalue weighted by Crippen LogP contribution is -1.91. The van der Waals surface area contributed by atoms with Gasteiger partial charge < -0.3 is 4.98 Å². The minimum atomic E-state index is -0.450. The van der Waals surface area contributed by atoms with Gasteiger partial charge in [0, 0.05) is 17.6 Å². The largest absolute Gasteiger partial charge is 0.354 e. The summed E-state index contributed by atoms with van der Waals surface area (Å²) in [6, 6.07) is 14.7. The van der Waals surface area contributed by atoms with Gasteiger partial charge in [0.2, 0.25) is 0 Å². The molecular weight excluding hydrogens is 254 g/mol. The van der Waals surface area contributed by atoms with E-state index in [1.54, 1.807) is 6.07 Å². The van der Waals surface area contributed by atoms with Crippen LogP contribution in [-0.4, -0.2) is 9.91 Å². The highest BCUT2D eigenvalue weighted by Crippen LogP contribution is 2.35. The van der Waals surface area contributed by atoms with Crippen molar-refractivity contribution in [3.63, 3.8) is 0 Å². The van der Waals surface area contributed by atoms with E-state index in [1.165, 1.54) is 12.3 Å². The fourth-order valence-electron chi connectivity index (χ4n) is 2.33. The second-order valence-electron chi connectivity index (χ2n) is 4.32. The first-order valence-electron chi connectivity index (χ1n) is 5.96. The maximum absolute atomic E-state index is 11.1. The molecule has 96 valence electrons. The molecule has 3 aromatic rings. The summed E-state index contributed by atoms with van der Waals surface area (Å²) in [5.41, 5.74) is 2.49. The molecule has 1 aromatic heterocycles. The number of non-ortho nitro benzene ring substituents is 1. The molecule has 0 fully saturated rings. The lowest BCUT2D eigenvalue weighted by Gasteiger charge is -2.04. The lowest BCUT2D eigenvalue weighted by atomic mass is 9.99. The van der Waals surface area contributed by atoms with Crippen LogP contribution in [0.5, 0.6) is 0 Å². The minimum absolute atomic E-state index is 0.0267. The molecule has 0 aliphatic carbocycles. The quantitative estimate of drug-likeness (QED) is 0.566. The molecule has 0 saturated heterocycles. The molecule has 20 heavy (non-hydrogen) atoms. The SMILES string of the molecule is N#Cc1c[nH]c2c([N+](=O)[O-])ccc(-c3ccccc3)c12. The number of hydrogen-bond acceptors (Lipinski definition) is 3. The third-order valence-electron chi connectivity index (χ3n) is 3.22. The van der Waals surface area contributed by atoms with Crippen LogP contribution in [0.2, 0.25) is 0 Å². The van der Waals surface area contributed by atoms with Gasteiger partial charge in [0.25, 0.3) is 5.69 Å². The van der Waals surface area contributed by atoms with E-state index in [1.807, 2.05) is 30.3 Å². The van der Waals surface area contributed by atoms with Gasteiger partial charge in [-0.25, -0.2) is 0 Å². The van der Waals surface area contributed by atoms with E-state index >= 15 is 0 Å². The van der Waals surface area contributed by atoms with Crippen LogP contribution >= 0.6 is 0 Å². The first-order chi connectivity index (χ1) is 9.72. The number of aromatic amines is 1. The Morgan fingerprint density at radius 1 is 1.15 bits per heavy atom. The number of fused-ring (bicyclic) bond motifs is 1. The average molecular weight is 263 g/mol. The van der Waals surface area contributed by atoms with Crippen molar-refractivity contribution < 1.29 is 4.92 Å². The summed E-state index contributed by atoms with van der Waals surface area (Å²) in [6.45, 7) is 0. The van der Waals surface area contributed by atoms with Gasteiger partial charge in [0.1, 0.15) is 11.6 Å². The number of nitrogens with one attached hydrogen (secondary N) is 1. The fraction of sp³-hybridized carbons (Fsp3) is 0. The second-order valence-corrected chi connectivity index (χ2v) is 4.32. The molecule has 5 heteroatoms. The maximum atomic E-state index is 11.1. The number of H-pyrrole nitrogens is 1. The topological polar surface area (TPSA) is 82.7 Å². The highest BCUT2D eigenvalue weighted by atomic mass is 16.6. The molecule has 0 saturated carbocycles. The van der Waals surface area contributed by atoms with Gasteiger partial charge in [-0.3, -0.25) is 10.1 Å². The molecule has 1 heterocycles. The average Bonchev–Trinajstić information content (AvgIpc) is 2.91. The Labute approximate surface area is 114 Å². The summed E-state index contributed by atoms with van der Waals surface area (Å²) >= 11 is 0. The number of nitro groups is 1. The fourth-order valence-corrected chi connectivity index (χ4v) is 2.33. The molecule has 0 aliphatic rings. The highest BCUT2D eigenvalue weighted by Gasteiger charge is 2.19. The molecular formula is C15H9N3O2. The minimum Gasteiger partial charge on any atom is -0.354 e. The zero-order chi connectivity index (χ0) is 14.1. The zero-order valence-corrected chi connectivity index (χ0v) is 10.3. The Balaban J connectivity index is 2.40. The van der Waals surface area contributed by atoms with Crippen molar-refractivity contribution >= 4 is 16.6 Å². The molecule has 0 amide bonds. The van der Waals surface area contributed by atoms with E-state index < -0.39 is 4.92 Å². The molecule has 0 aliphatic heterocycles. The molecule has 2 aromatic carbocycles.